The summed E-state index contributed by atoms with van der Waals surface area (Å²) >= 11 is 0. The molecule has 24 heavy (non-hydrogen) atoms. The van der Waals surface area contributed by atoms with E-state index in [9.17, 15) is 9.90 Å². The lowest BCUT2D eigenvalue weighted by atomic mass is 9.96. The van der Waals surface area contributed by atoms with Crippen molar-refractivity contribution in [2.45, 2.75) is 51.6 Å². The van der Waals surface area contributed by atoms with Gasteiger partial charge in [0.25, 0.3) is 5.91 Å². The van der Waals surface area contributed by atoms with E-state index in [1.54, 1.807) is 0 Å². The normalized spacial score (nSPS) is 16.2. The molecule has 1 N–H and O–H groups in total. The second-order valence-corrected chi connectivity index (χ2v) is 7.58. The summed E-state index contributed by atoms with van der Waals surface area (Å²) in [5.41, 5.74) is 1.23. The van der Waals surface area contributed by atoms with Crippen molar-refractivity contribution in [1.29, 1.82) is 0 Å². The van der Waals surface area contributed by atoms with Crippen LogP contribution in [0.1, 0.15) is 55.5 Å². The van der Waals surface area contributed by atoms with Crippen LogP contribution in [0.3, 0.4) is 0 Å². The summed E-state index contributed by atoms with van der Waals surface area (Å²) in [5.74, 6) is 0.759. The third-order valence-electron chi connectivity index (χ3n) is 4.79. The second-order valence-electron chi connectivity index (χ2n) is 7.58. The zero-order valence-corrected chi connectivity index (χ0v) is 15.3. The molecular weight excluding hydrogens is 302 g/mol. The van der Waals surface area contributed by atoms with Gasteiger partial charge in [0.05, 0.1) is 5.60 Å². The monoisotopic (exact) mass is 333 g/mol. The van der Waals surface area contributed by atoms with Crippen molar-refractivity contribution in [2.75, 3.05) is 26.8 Å². The van der Waals surface area contributed by atoms with Crippen LogP contribution in [0.5, 0.6) is 0 Å². The Kier molecular flexibility index (Phi) is 6.81. The van der Waals surface area contributed by atoms with Gasteiger partial charge < -0.3 is 14.7 Å². The van der Waals surface area contributed by atoms with Crippen LogP contribution in [0.15, 0.2) is 24.3 Å². The lowest BCUT2D eigenvalue weighted by molar-refractivity contribution is 0.0583. The molecule has 0 atom stereocenters. The molecule has 1 aromatic carbocycles. The van der Waals surface area contributed by atoms with E-state index in [1.165, 1.54) is 0 Å². The number of ether oxygens (including phenoxy) is 1. The number of rotatable bonds is 7. The molecule has 0 aromatic heterocycles. The summed E-state index contributed by atoms with van der Waals surface area (Å²) in [5, 5.41) is 9.79. The first-order chi connectivity index (χ1) is 11.3. The number of carbonyl (C=O) groups excluding carboxylic acids is 1. The molecule has 1 fully saturated rings. The van der Waals surface area contributed by atoms with Crippen LogP contribution in [0.25, 0.3) is 0 Å². The average molecular weight is 333 g/mol. The summed E-state index contributed by atoms with van der Waals surface area (Å²) in [6, 6.07) is 7.77. The smallest absolute Gasteiger partial charge is 0.253 e. The molecule has 0 radical (unpaired) electrons. The third-order valence-corrected chi connectivity index (χ3v) is 4.79. The minimum atomic E-state index is -0.654. The van der Waals surface area contributed by atoms with E-state index in [0.29, 0.717) is 12.3 Å². The molecule has 1 aliphatic rings. The maximum absolute atomic E-state index is 12.5. The Morgan fingerprint density at radius 1 is 1.25 bits per heavy atom. The van der Waals surface area contributed by atoms with Crippen molar-refractivity contribution in [1.82, 2.24) is 4.90 Å². The molecule has 4 nitrogen and oxygen atoms in total. The molecule has 1 saturated heterocycles. The Hall–Kier alpha value is -1.39. The largest absolute Gasteiger partial charge is 0.390 e. The molecular formula is C20H31NO3. The molecule has 1 aromatic rings. The molecule has 0 bridgehead atoms. The van der Waals surface area contributed by atoms with Gasteiger partial charge in [0.1, 0.15) is 0 Å². The number of aryl methyl sites for hydroxylation is 1. The first kappa shape index (κ1) is 18.9. The molecule has 1 amide bonds. The van der Waals surface area contributed by atoms with Crippen molar-refractivity contribution >= 4 is 5.91 Å². The number of carbonyl (C=O) groups is 1. The first-order valence-corrected chi connectivity index (χ1v) is 9.00. The highest BCUT2D eigenvalue weighted by Crippen LogP contribution is 2.19. The predicted octanol–water partition coefficient (Wildman–Crippen LogP) is 3.28. The minimum absolute atomic E-state index is 0.0797. The Balaban J connectivity index is 1.82. The summed E-state index contributed by atoms with van der Waals surface area (Å²) < 4.78 is 5.38. The van der Waals surface area contributed by atoms with Crippen LogP contribution in [-0.4, -0.2) is 48.3 Å². The van der Waals surface area contributed by atoms with Gasteiger partial charge in [-0.2, -0.15) is 0 Å². The fourth-order valence-corrected chi connectivity index (χ4v) is 3.00. The van der Waals surface area contributed by atoms with Crippen LogP contribution in [0, 0.1) is 5.92 Å². The van der Waals surface area contributed by atoms with Crippen molar-refractivity contribution < 1.29 is 14.6 Å². The Labute approximate surface area is 145 Å². The highest BCUT2D eigenvalue weighted by Gasteiger charge is 2.17. The van der Waals surface area contributed by atoms with E-state index < -0.39 is 5.60 Å². The third kappa shape index (κ3) is 6.25. The maximum atomic E-state index is 12.5. The molecule has 1 aliphatic heterocycles. The van der Waals surface area contributed by atoms with Gasteiger partial charge in [0.15, 0.2) is 0 Å². The molecule has 0 spiro atoms. The van der Waals surface area contributed by atoms with Crippen molar-refractivity contribution in [3.63, 3.8) is 0 Å². The van der Waals surface area contributed by atoms with Crippen LogP contribution in [-0.2, 0) is 11.2 Å². The summed E-state index contributed by atoms with van der Waals surface area (Å²) in [6.07, 6.45) is 4.80. The van der Waals surface area contributed by atoms with E-state index in [4.69, 9.17) is 4.74 Å². The van der Waals surface area contributed by atoms with Gasteiger partial charge in [-0.05, 0) is 69.6 Å². The van der Waals surface area contributed by atoms with Crippen LogP contribution in [0.2, 0.25) is 0 Å². The molecule has 2 rings (SSSR count). The Morgan fingerprint density at radius 2 is 1.88 bits per heavy atom. The van der Waals surface area contributed by atoms with E-state index in [0.717, 1.165) is 56.6 Å². The minimum Gasteiger partial charge on any atom is -0.390 e. The van der Waals surface area contributed by atoms with Crippen LogP contribution < -0.4 is 0 Å². The topological polar surface area (TPSA) is 49.8 Å². The summed E-state index contributed by atoms with van der Waals surface area (Å²) in [4.78, 5) is 14.3. The zero-order chi connectivity index (χ0) is 17.6. The molecule has 4 heteroatoms. The number of hydrogen-bond acceptors (Lipinski definition) is 3. The van der Waals surface area contributed by atoms with Crippen molar-refractivity contribution in [3.8, 4) is 0 Å². The fourth-order valence-electron chi connectivity index (χ4n) is 3.00. The van der Waals surface area contributed by atoms with Crippen molar-refractivity contribution in [2.24, 2.45) is 5.92 Å². The van der Waals surface area contributed by atoms with E-state index in [1.807, 2.05) is 50.1 Å². The number of amides is 1. The molecule has 134 valence electrons. The van der Waals surface area contributed by atoms with Gasteiger partial charge in [-0.3, -0.25) is 4.79 Å². The van der Waals surface area contributed by atoms with Crippen molar-refractivity contribution in [3.05, 3.63) is 35.4 Å². The van der Waals surface area contributed by atoms with Gasteiger partial charge in [0, 0.05) is 32.4 Å². The summed E-state index contributed by atoms with van der Waals surface area (Å²) in [7, 11) is 1.88. The highest BCUT2D eigenvalue weighted by molar-refractivity contribution is 5.94. The molecule has 0 saturated carbocycles. The number of benzene rings is 1. The van der Waals surface area contributed by atoms with E-state index in [2.05, 4.69) is 0 Å². The van der Waals surface area contributed by atoms with Gasteiger partial charge in [-0.25, -0.2) is 0 Å². The first-order valence-electron chi connectivity index (χ1n) is 9.00. The second kappa shape index (κ2) is 8.63. The van der Waals surface area contributed by atoms with E-state index in [-0.39, 0.29) is 5.91 Å². The van der Waals surface area contributed by atoms with Crippen LogP contribution >= 0.6 is 0 Å². The molecule has 0 aliphatic carbocycles. The zero-order valence-electron chi connectivity index (χ0n) is 15.3. The lowest BCUT2D eigenvalue weighted by Crippen LogP contribution is -2.30. The van der Waals surface area contributed by atoms with Gasteiger partial charge in [-0.1, -0.05) is 12.1 Å². The number of nitrogens with zero attached hydrogens (tertiary/aromatic N) is 1. The Morgan fingerprint density at radius 3 is 2.46 bits per heavy atom. The number of hydrogen-bond donors (Lipinski definition) is 1. The molecule has 1 heterocycles. The number of aliphatic hydroxyl groups is 1. The quantitative estimate of drug-likeness (QED) is 0.833. The standard InChI is InChI=1S/C20H31NO3/c1-20(2,23)12-8-16-4-6-18(7-5-16)19(22)21(3)13-9-17-10-14-24-15-11-17/h4-7,17,23H,8-15H2,1-3H3. The Bertz CT molecular complexity index is 513. The molecule has 0 unspecified atom stereocenters. The lowest BCUT2D eigenvalue weighted by Gasteiger charge is -2.25. The maximum Gasteiger partial charge on any atom is 0.253 e. The average Bonchev–Trinajstić information content (AvgIpc) is 2.58. The van der Waals surface area contributed by atoms with Gasteiger partial charge >= 0.3 is 0 Å². The SMILES string of the molecule is CN(CCC1CCOCC1)C(=O)c1ccc(CCC(C)(C)O)cc1. The van der Waals surface area contributed by atoms with Crippen LogP contribution in [0.4, 0.5) is 0 Å². The summed E-state index contributed by atoms with van der Waals surface area (Å²) in [6.45, 7) is 6.14. The fraction of sp³-hybridized carbons (Fsp3) is 0.650. The predicted molar refractivity (Wildman–Crippen MR) is 96.2 cm³/mol. The van der Waals surface area contributed by atoms with E-state index >= 15 is 0 Å². The highest BCUT2D eigenvalue weighted by atomic mass is 16.5. The van der Waals surface area contributed by atoms with Gasteiger partial charge in [0.2, 0.25) is 0 Å². The van der Waals surface area contributed by atoms with Gasteiger partial charge in [-0.15, -0.1) is 0 Å².